The van der Waals surface area contributed by atoms with Gasteiger partial charge in [0.25, 0.3) is 0 Å². The molecule has 3 N–H and O–H groups in total. The van der Waals surface area contributed by atoms with Crippen molar-refractivity contribution in [3.8, 4) is 50.5 Å². The minimum absolute atomic E-state index is 0.0711. The summed E-state index contributed by atoms with van der Waals surface area (Å²) in [5.41, 5.74) is 1.23. The summed E-state index contributed by atoms with van der Waals surface area (Å²) in [6, 6.07) is 33.9. The first-order chi connectivity index (χ1) is 24.1. The van der Waals surface area contributed by atoms with E-state index in [0.717, 1.165) is 27.6 Å². The number of benzene rings is 7. The number of fused-ring (bicyclic) bond motifs is 4. The fraction of sp³-hybridized carbons (Fsp3) is 0. The lowest BCUT2D eigenvalue weighted by Gasteiger charge is -2.21. The van der Waals surface area contributed by atoms with E-state index in [1.165, 1.54) is 12.1 Å². The summed E-state index contributed by atoms with van der Waals surface area (Å²) in [6.07, 6.45) is 0. The monoisotopic (exact) mass is 696 g/mol. The average molecular weight is 698 g/mol. The molecule has 1 aliphatic carbocycles. The van der Waals surface area contributed by atoms with Crippen LogP contribution in [0.25, 0.3) is 77.2 Å². The molecule has 0 aromatic heterocycles. The Morgan fingerprint density at radius 2 is 1.20 bits per heavy atom. The first kappa shape index (κ1) is 31.1. The highest BCUT2D eigenvalue weighted by Gasteiger charge is 2.30. The molecule has 8 rings (SSSR count). The Bertz CT molecular complexity index is 2780. The lowest BCUT2D eigenvalue weighted by molar-refractivity contribution is 0.0696. The third-order valence-electron chi connectivity index (χ3n) is 8.97. The fourth-order valence-corrected chi connectivity index (χ4v) is 7.23. The molecule has 1 aliphatic heterocycles. The van der Waals surface area contributed by atoms with Crippen molar-refractivity contribution in [2.75, 3.05) is 0 Å². The van der Waals surface area contributed by atoms with Gasteiger partial charge in [-0.2, -0.15) is 0 Å². The van der Waals surface area contributed by atoms with Crippen LogP contribution in [0.15, 0.2) is 124 Å². The Balaban J connectivity index is 1.51. The van der Waals surface area contributed by atoms with Crippen LogP contribution in [0.5, 0.6) is 5.75 Å². The van der Waals surface area contributed by atoms with Crippen LogP contribution in [-0.2, 0) is 0 Å². The van der Waals surface area contributed by atoms with Gasteiger partial charge in [0.15, 0.2) is 5.43 Å². The van der Waals surface area contributed by atoms with Crippen molar-refractivity contribution in [2.24, 2.45) is 0 Å². The number of halogens is 2. The zero-order valence-electron chi connectivity index (χ0n) is 25.7. The number of carbonyl (C=O) groups is 2. The smallest absolute Gasteiger partial charge is 0.337 e. The number of phenolic OH excluding ortho intramolecular Hbond substituents is 1. The molecule has 2 aliphatic rings. The number of aromatic carboxylic acids is 2. The van der Waals surface area contributed by atoms with Crippen molar-refractivity contribution in [2.45, 2.75) is 0 Å². The van der Waals surface area contributed by atoms with Gasteiger partial charge in [-0.1, -0.05) is 96.0 Å². The predicted octanol–water partition coefficient (Wildman–Crippen LogP) is 10.6. The maximum Gasteiger partial charge on any atom is 0.337 e. The van der Waals surface area contributed by atoms with Crippen LogP contribution in [0.2, 0.25) is 10.0 Å². The normalized spacial score (nSPS) is 11.5. The lowest BCUT2D eigenvalue weighted by atomic mass is 9.87. The molecule has 0 saturated carbocycles. The van der Waals surface area contributed by atoms with Gasteiger partial charge in [0.05, 0.1) is 21.2 Å². The number of aromatic hydroxyl groups is 1. The molecule has 0 spiro atoms. The largest absolute Gasteiger partial charge is 0.507 e. The predicted molar refractivity (Wildman–Crippen MR) is 196 cm³/mol. The summed E-state index contributed by atoms with van der Waals surface area (Å²) in [6.45, 7) is 0. The quantitative estimate of drug-likeness (QED) is 0.153. The molecule has 0 bridgehead atoms. The molecule has 0 atom stereocenters. The molecule has 0 saturated heterocycles. The van der Waals surface area contributed by atoms with Gasteiger partial charge in [0, 0.05) is 45.3 Å². The van der Waals surface area contributed by atoms with Gasteiger partial charge in [-0.15, -0.1) is 0 Å². The highest BCUT2D eigenvalue weighted by Crippen LogP contribution is 2.49. The highest BCUT2D eigenvalue weighted by molar-refractivity contribution is 6.41. The van der Waals surface area contributed by atoms with Crippen molar-refractivity contribution >= 4 is 67.7 Å². The molecular weight excluding hydrogens is 675 g/mol. The summed E-state index contributed by atoms with van der Waals surface area (Å²) in [7, 11) is 0. The summed E-state index contributed by atoms with van der Waals surface area (Å²) < 4.78 is 6.25. The fourth-order valence-electron chi connectivity index (χ4n) is 6.62. The van der Waals surface area contributed by atoms with Gasteiger partial charge in [-0.05, 0) is 63.0 Å². The zero-order chi connectivity index (χ0) is 34.8. The molecule has 9 heteroatoms. The number of hydrogen-bond donors (Lipinski definition) is 3. The van der Waals surface area contributed by atoms with Gasteiger partial charge in [0.1, 0.15) is 17.1 Å². The number of carboxylic acids is 2. The maximum absolute atomic E-state index is 13.7. The molecule has 0 amide bonds. The molecule has 50 heavy (non-hydrogen) atoms. The minimum atomic E-state index is -1.51. The number of phenols is 1. The first-order valence-electron chi connectivity index (χ1n) is 15.3. The SMILES string of the molecule is O=C(O)c1cc(Cl)c(-c2c3cc(-c4ccc5ccccc5c4)c(=O)cc-3oc3cc(O)c(-c4ccc5ccccc5c4)cc23)c(C(=O)O)c1Cl. The molecule has 0 radical (unpaired) electrons. The molecule has 6 aromatic carbocycles. The molecule has 7 nitrogen and oxygen atoms in total. The summed E-state index contributed by atoms with van der Waals surface area (Å²) in [4.78, 5) is 38.6. The second-order valence-corrected chi connectivity index (χ2v) is 12.7. The zero-order valence-corrected chi connectivity index (χ0v) is 27.2. The van der Waals surface area contributed by atoms with Gasteiger partial charge < -0.3 is 19.7 Å². The standard InChI is InChI=1S/C41H22Cl2O7/c42-31-17-30(40(46)47)39(43)38(41(48)49)37(31)36-28-15-26(24-11-9-20-5-1-3-7-22(20)13-24)32(44)18-34(28)50-35-19-33(45)27(16-29(35)36)25-12-10-21-6-2-4-8-23(21)14-25/h1-19,44H,(H,46,47)(H,48,49). The Morgan fingerprint density at radius 3 is 1.80 bits per heavy atom. The third kappa shape index (κ3) is 5.03. The minimum Gasteiger partial charge on any atom is -0.507 e. The Labute approximate surface area is 293 Å². The summed E-state index contributed by atoms with van der Waals surface area (Å²) >= 11 is 13.3. The molecule has 0 unspecified atom stereocenters. The Morgan fingerprint density at radius 1 is 0.600 bits per heavy atom. The van der Waals surface area contributed by atoms with Crippen LogP contribution < -0.4 is 5.43 Å². The van der Waals surface area contributed by atoms with E-state index < -0.39 is 28.1 Å². The average Bonchev–Trinajstić information content (AvgIpc) is 3.10. The summed E-state index contributed by atoms with van der Waals surface area (Å²) in [5.74, 6) is -3.01. The van der Waals surface area contributed by atoms with Crippen molar-refractivity contribution in [1.82, 2.24) is 0 Å². The van der Waals surface area contributed by atoms with Gasteiger partial charge in [-0.25, -0.2) is 9.59 Å². The first-order valence-corrected chi connectivity index (χ1v) is 16.1. The topological polar surface area (TPSA) is 125 Å². The molecule has 1 heterocycles. The van der Waals surface area contributed by atoms with Crippen molar-refractivity contribution in [3.63, 3.8) is 0 Å². The Hall–Kier alpha value is -6.15. The lowest BCUT2D eigenvalue weighted by Crippen LogP contribution is -2.10. The van der Waals surface area contributed by atoms with Crippen LogP contribution in [-0.4, -0.2) is 27.3 Å². The highest BCUT2D eigenvalue weighted by atomic mass is 35.5. The second kappa shape index (κ2) is 11.8. The van der Waals surface area contributed by atoms with Crippen molar-refractivity contribution < 1.29 is 29.3 Å². The summed E-state index contributed by atoms with van der Waals surface area (Å²) in [5, 5.41) is 35.1. The number of rotatable bonds is 5. The van der Waals surface area contributed by atoms with Crippen molar-refractivity contribution in [3.05, 3.63) is 147 Å². The van der Waals surface area contributed by atoms with E-state index in [1.807, 2.05) is 84.9 Å². The molecule has 6 aromatic rings. The van der Waals surface area contributed by atoms with Gasteiger partial charge in [0.2, 0.25) is 0 Å². The van der Waals surface area contributed by atoms with Crippen LogP contribution in [0.4, 0.5) is 0 Å². The van der Waals surface area contributed by atoms with E-state index in [-0.39, 0.29) is 38.7 Å². The van der Waals surface area contributed by atoms with Crippen LogP contribution in [0, 0.1) is 0 Å². The number of carboxylic acid groups (broad SMARTS) is 2. The second-order valence-electron chi connectivity index (χ2n) is 11.9. The molecular formula is C41H22Cl2O7. The van der Waals surface area contributed by atoms with E-state index >= 15 is 0 Å². The van der Waals surface area contributed by atoms with Crippen LogP contribution in [0.3, 0.4) is 0 Å². The Kier molecular flexibility index (Phi) is 7.33. The van der Waals surface area contributed by atoms with E-state index in [9.17, 15) is 29.7 Å². The maximum atomic E-state index is 13.7. The molecule has 242 valence electrons. The van der Waals surface area contributed by atoms with E-state index in [0.29, 0.717) is 33.2 Å². The molecule has 0 fully saturated rings. The van der Waals surface area contributed by atoms with Crippen LogP contribution >= 0.6 is 23.2 Å². The van der Waals surface area contributed by atoms with E-state index in [4.69, 9.17) is 27.6 Å². The van der Waals surface area contributed by atoms with E-state index in [1.54, 1.807) is 12.1 Å². The van der Waals surface area contributed by atoms with E-state index in [2.05, 4.69) is 0 Å². The van der Waals surface area contributed by atoms with Crippen molar-refractivity contribution in [1.29, 1.82) is 0 Å². The van der Waals surface area contributed by atoms with Crippen LogP contribution in [0.1, 0.15) is 20.7 Å². The number of hydrogen-bond acceptors (Lipinski definition) is 5. The van der Waals surface area contributed by atoms with Gasteiger partial charge >= 0.3 is 11.9 Å². The third-order valence-corrected chi connectivity index (χ3v) is 9.66. The van der Waals surface area contributed by atoms with Gasteiger partial charge in [-0.3, -0.25) is 4.79 Å².